The summed E-state index contributed by atoms with van der Waals surface area (Å²) >= 11 is 0. The third-order valence-electron chi connectivity index (χ3n) is 4.41. The number of rotatable bonds is 2. The van der Waals surface area contributed by atoms with E-state index in [1.165, 1.54) is 22.3 Å². The van der Waals surface area contributed by atoms with Crippen molar-refractivity contribution in [1.82, 2.24) is 0 Å². The Morgan fingerprint density at radius 2 is 1.14 bits per heavy atom. The van der Waals surface area contributed by atoms with E-state index in [0.29, 0.717) is 0 Å². The zero-order valence-electron chi connectivity index (χ0n) is 12.0. The third-order valence-corrected chi connectivity index (χ3v) is 4.41. The molecule has 0 spiro atoms. The molecule has 3 heteroatoms. The summed E-state index contributed by atoms with van der Waals surface area (Å²) in [6, 6.07) is 16.6. The molecule has 0 heterocycles. The Morgan fingerprint density at radius 1 is 0.727 bits per heavy atom. The van der Waals surface area contributed by atoms with Crippen molar-refractivity contribution in [2.24, 2.45) is 0 Å². The molecule has 0 bridgehead atoms. The number of halogens is 1. The van der Waals surface area contributed by atoms with Gasteiger partial charge in [0, 0.05) is 38.0 Å². The number of aliphatic hydroxyl groups is 1. The van der Waals surface area contributed by atoms with E-state index in [9.17, 15) is 5.11 Å². The van der Waals surface area contributed by atoms with E-state index in [1.54, 1.807) is 0 Å². The van der Waals surface area contributed by atoms with Gasteiger partial charge in [-0.05, 0) is 22.3 Å². The molecule has 2 aliphatic rings. The van der Waals surface area contributed by atoms with Crippen LogP contribution in [0, 0.1) is 0 Å². The minimum atomic E-state index is -0.408. The fourth-order valence-corrected chi connectivity index (χ4v) is 3.37. The number of fused-ring (bicyclic) bond motifs is 2. The van der Waals surface area contributed by atoms with E-state index in [4.69, 9.17) is 0 Å². The van der Waals surface area contributed by atoms with Gasteiger partial charge in [-0.2, -0.15) is 0 Å². The van der Waals surface area contributed by atoms with Crippen LogP contribution >= 0.6 is 0 Å². The van der Waals surface area contributed by atoms with Crippen LogP contribution < -0.4 is 12.4 Å². The molecule has 0 aromatic heterocycles. The van der Waals surface area contributed by atoms with Crippen LogP contribution in [-0.4, -0.2) is 11.2 Å². The molecule has 0 aliphatic heterocycles. The Kier molecular flexibility index (Phi) is 5.61. The summed E-state index contributed by atoms with van der Waals surface area (Å²) in [6.45, 7) is 0. The fourth-order valence-electron chi connectivity index (χ4n) is 3.37. The zero-order valence-corrected chi connectivity index (χ0v) is 15.2. The molecule has 4 rings (SSSR count). The van der Waals surface area contributed by atoms with E-state index in [1.807, 2.05) is 24.3 Å². The Balaban J connectivity index is 0.000000882. The van der Waals surface area contributed by atoms with Gasteiger partial charge in [0.15, 0.2) is 0 Å². The smallest absolute Gasteiger partial charge is 0.0746 e. The van der Waals surface area contributed by atoms with E-state index in [-0.39, 0.29) is 50.4 Å². The van der Waals surface area contributed by atoms with E-state index in [0.717, 1.165) is 0 Å². The van der Waals surface area contributed by atoms with Crippen LogP contribution in [0.3, 0.4) is 0 Å². The average molecular weight is 387 g/mol. The number of hydrogen-bond donors (Lipinski definition) is 1. The van der Waals surface area contributed by atoms with E-state index in [2.05, 4.69) is 48.6 Å². The van der Waals surface area contributed by atoms with Gasteiger partial charge in [0.2, 0.25) is 0 Å². The van der Waals surface area contributed by atoms with Crippen molar-refractivity contribution in [3.63, 3.8) is 0 Å². The largest absolute Gasteiger partial charge is 1.00 e. The molecule has 0 amide bonds. The zero-order chi connectivity index (χ0) is 13.5. The number of hydrogen-bond acceptors (Lipinski definition) is 1. The second-order valence-corrected chi connectivity index (χ2v) is 5.52. The molecule has 2 aromatic carbocycles. The molecule has 0 fully saturated rings. The van der Waals surface area contributed by atoms with Crippen molar-refractivity contribution in [2.45, 2.75) is 17.9 Å². The Morgan fingerprint density at radius 3 is 1.59 bits per heavy atom. The van der Waals surface area contributed by atoms with Crippen LogP contribution in [0.1, 0.15) is 34.1 Å². The first-order chi connectivity index (χ1) is 9.84. The fraction of sp³-hybridized carbons (Fsp3) is 0.158. The van der Waals surface area contributed by atoms with Gasteiger partial charge in [-0.1, -0.05) is 72.8 Å². The molecule has 2 aliphatic carbocycles. The molecule has 1 nitrogen and oxygen atoms in total. The average Bonchev–Trinajstić information content (AvgIpc) is 3.11. The SMILES string of the molecule is OC(C1C=Cc2ccccc21)C1C=Cc2ccccc21.[Cl-].[Zr]. The standard InChI is InChI=1S/C19H16O.ClH.Zr/c20-19(17-11-9-13-5-1-3-7-15(13)17)18-12-10-14-6-2-4-8-16(14)18;;/h1-12,17-20H;1H;/p-1. The summed E-state index contributed by atoms with van der Waals surface area (Å²) < 4.78 is 0. The second kappa shape index (κ2) is 7.09. The van der Waals surface area contributed by atoms with Crippen LogP contribution in [0.5, 0.6) is 0 Å². The van der Waals surface area contributed by atoms with Gasteiger partial charge in [-0.15, -0.1) is 0 Å². The van der Waals surface area contributed by atoms with Gasteiger partial charge in [-0.3, -0.25) is 0 Å². The van der Waals surface area contributed by atoms with Crippen molar-refractivity contribution in [2.75, 3.05) is 0 Å². The Bertz CT molecular complexity index is 661. The molecule has 1 N–H and O–H groups in total. The molecular weight excluding hydrogens is 371 g/mol. The van der Waals surface area contributed by atoms with Crippen LogP contribution in [0.25, 0.3) is 12.2 Å². The quantitative estimate of drug-likeness (QED) is 0.815. The van der Waals surface area contributed by atoms with Gasteiger partial charge in [-0.25, -0.2) is 0 Å². The van der Waals surface area contributed by atoms with Gasteiger partial charge in [0.25, 0.3) is 0 Å². The maximum Gasteiger partial charge on any atom is 0.0746 e. The summed E-state index contributed by atoms with van der Waals surface area (Å²) in [5, 5.41) is 10.8. The second-order valence-electron chi connectivity index (χ2n) is 5.52. The normalized spacial score (nSPS) is 21.5. The molecular formula is C19H16ClOZr-. The molecule has 0 saturated carbocycles. The molecule has 2 aromatic rings. The van der Waals surface area contributed by atoms with Gasteiger partial charge in [0.1, 0.15) is 0 Å². The van der Waals surface area contributed by atoms with Crippen LogP contribution in [0.15, 0.2) is 60.7 Å². The molecule has 2 unspecified atom stereocenters. The molecule has 0 radical (unpaired) electrons. The first-order valence-electron chi connectivity index (χ1n) is 7.07. The summed E-state index contributed by atoms with van der Waals surface area (Å²) in [4.78, 5) is 0. The van der Waals surface area contributed by atoms with Crippen molar-refractivity contribution in [1.29, 1.82) is 0 Å². The summed E-state index contributed by atoms with van der Waals surface area (Å²) in [5.74, 6) is 0.180. The van der Waals surface area contributed by atoms with Crippen LogP contribution in [0.2, 0.25) is 0 Å². The monoisotopic (exact) mass is 385 g/mol. The van der Waals surface area contributed by atoms with E-state index < -0.39 is 6.10 Å². The first kappa shape index (κ1) is 17.4. The van der Waals surface area contributed by atoms with Crippen molar-refractivity contribution < 1.29 is 43.7 Å². The predicted molar refractivity (Wildman–Crippen MR) is 82.4 cm³/mol. The Labute approximate surface area is 156 Å². The molecule has 22 heavy (non-hydrogen) atoms. The number of aliphatic hydroxyl groups excluding tert-OH is 1. The van der Waals surface area contributed by atoms with Gasteiger partial charge < -0.3 is 17.5 Å². The summed E-state index contributed by atoms with van der Waals surface area (Å²) in [5.41, 5.74) is 4.93. The van der Waals surface area contributed by atoms with Crippen molar-refractivity contribution >= 4 is 12.2 Å². The van der Waals surface area contributed by atoms with Crippen molar-refractivity contribution in [3.8, 4) is 0 Å². The maximum atomic E-state index is 10.8. The maximum absolute atomic E-state index is 10.8. The van der Waals surface area contributed by atoms with Crippen LogP contribution in [-0.2, 0) is 26.2 Å². The third kappa shape index (κ3) is 2.80. The van der Waals surface area contributed by atoms with E-state index >= 15 is 0 Å². The minimum Gasteiger partial charge on any atom is -1.00 e. The van der Waals surface area contributed by atoms with Crippen LogP contribution in [0.4, 0.5) is 0 Å². The summed E-state index contributed by atoms with van der Waals surface area (Å²) in [6.07, 6.45) is 8.09. The topological polar surface area (TPSA) is 20.2 Å². The van der Waals surface area contributed by atoms with Gasteiger partial charge >= 0.3 is 0 Å². The molecule has 0 saturated heterocycles. The number of benzene rings is 2. The predicted octanol–water partition coefficient (Wildman–Crippen LogP) is 0.970. The first-order valence-corrected chi connectivity index (χ1v) is 7.07. The summed E-state index contributed by atoms with van der Waals surface area (Å²) in [7, 11) is 0. The van der Waals surface area contributed by atoms with Crippen molar-refractivity contribution in [3.05, 3.63) is 82.9 Å². The Hall–Kier alpha value is -0.947. The molecule has 110 valence electrons. The minimum absolute atomic E-state index is 0. The van der Waals surface area contributed by atoms with Gasteiger partial charge in [0.05, 0.1) is 6.10 Å². The molecule has 2 atom stereocenters.